The SMILES string of the molecule is COc1ccc(C(=O)N2CCNC(C)C2)cc1N1CCNC1=O.Cl. The predicted octanol–water partition coefficient (Wildman–Crippen LogP) is 1.08. The molecular formula is C16H23ClN4O3. The van der Waals surface area contributed by atoms with Crippen molar-refractivity contribution in [3.63, 3.8) is 0 Å². The third kappa shape index (κ3) is 3.57. The van der Waals surface area contributed by atoms with Crippen molar-refractivity contribution in [3.05, 3.63) is 23.8 Å². The molecule has 1 atom stereocenters. The molecule has 3 amide bonds. The zero-order chi connectivity index (χ0) is 16.4. The van der Waals surface area contributed by atoms with Gasteiger partial charge in [-0.25, -0.2) is 4.79 Å². The Balaban J connectivity index is 0.00000208. The summed E-state index contributed by atoms with van der Waals surface area (Å²) in [5.41, 5.74) is 1.21. The minimum absolute atomic E-state index is 0. The first-order chi connectivity index (χ1) is 11.1. The zero-order valence-electron chi connectivity index (χ0n) is 13.9. The number of carbonyl (C=O) groups excluding carboxylic acids is 2. The number of nitrogens with one attached hydrogen (secondary N) is 2. The summed E-state index contributed by atoms with van der Waals surface area (Å²) in [5.74, 6) is 0.578. The monoisotopic (exact) mass is 354 g/mol. The highest BCUT2D eigenvalue weighted by Gasteiger charge is 2.27. The van der Waals surface area contributed by atoms with E-state index in [0.29, 0.717) is 43.2 Å². The molecule has 8 heteroatoms. The smallest absolute Gasteiger partial charge is 0.322 e. The van der Waals surface area contributed by atoms with Gasteiger partial charge in [0, 0.05) is 44.3 Å². The number of halogens is 1. The fraction of sp³-hybridized carbons (Fsp3) is 0.500. The van der Waals surface area contributed by atoms with Gasteiger partial charge in [-0.2, -0.15) is 0 Å². The number of amides is 3. The van der Waals surface area contributed by atoms with Crippen LogP contribution >= 0.6 is 12.4 Å². The molecule has 3 rings (SSSR count). The largest absolute Gasteiger partial charge is 0.495 e. The Hall–Kier alpha value is -1.99. The Morgan fingerprint density at radius 3 is 2.71 bits per heavy atom. The minimum atomic E-state index is -0.163. The van der Waals surface area contributed by atoms with Crippen molar-refractivity contribution in [2.45, 2.75) is 13.0 Å². The van der Waals surface area contributed by atoms with Gasteiger partial charge in [-0.3, -0.25) is 9.69 Å². The van der Waals surface area contributed by atoms with Gasteiger partial charge in [0.15, 0.2) is 0 Å². The number of anilines is 1. The average Bonchev–Trinajstić information content (AvgIpc) is 2.99. The number of hydrogen-bond acceptors (Lipinski definition) is 4. The third-order valence-corrected chi connectivity index (χ3v) is 4.23. The van der Waals surface area contributed by atoms with E-state index in [-0.39, 0.29) is 30.4 Å². The van der Waals surface area contributed by atoms with Crippen molar-refractivity contribution < 1.29 is 14.3 Å². The molecule has 0 aliphatic carbocycles. The summed E-state index contributed by atoms with van der Waals surface area (Å²) in [6.45, 7) is 5.39. The van der Waals surface area contributed by atoms with Gasteiger partial charge in [0.25, 0.3) is 5.91 Å². The third-order valence-electron chi connectivity index (χ3n) is 4.23. The van der Waals surface area contributed by atoms with E-state index in [1.165, 1.54) is 0 Å². The van der Waals surface area contributed by atoms with Gasteiger partial charge in [0.1, 0.15) is 5.75 Å². The molecule has 2 aliphatic heterocycles. The lowest BCUT2D eigenvalue weighted by atomic mass is 10.1. The van der Waals surface area contributed by atoms with Gasteiger partial charge < -0.3 is 20.3 Å². The molecular weight excluding hydrogens is 332 g/mol. The molecule has 0 bridgehead atoms. The number of carbonyl (C=O) groups is 2. The van der Waals surface area contributed by atoms with Crippen LogP contribution in [-0.2, 0) is 0 Å². The lowest BCUT2D eigenvalue weighted by Crippen LogP contribution is -2.51. The molecule has 1 aromatic rings. The van der Waals surface area contributed by atoms with E-state index in [2.05, 4.69) is 17.6 Å². The maximum atomic E-state index is 12.7. The van der Waals surface area contributed by atoms with Crippen LogP contribution in [0.1, 0.15) is 17.3 Å². The summed E-state index contributed by atoms with van der Waals surface area (Å²) >= 11 is 0. The van der Waals surface area contributed by atoms with E-state index < -0.39 is 0 Å². The lowest BCUT2D eigenvalue weighted by molar-refractivity contribution is 0.0709. The predicted molar refractivity (Wildman–Crippen MR) is 94.4 cm³/mol. The van der Waals surface area contributed by atoms with Crippen molar-refractivity contribution >= 4 is 30.0 Å². The summed E-state index contributed by atoms with van der Waals surface area (Å²) in [4.78, 5) is 28.1. The number of nitrogens with zero attached hydrogens (tertiary/aromatic N) is 2. The Kier molecular flexibility index (Phi) is 5.90. The molecule has 0 spiro atoms. The Labute approximate surface area is 147 Å². The first-order valence-corrected chi connectivity index (χ1v) is 7.86. The van der Waals surface area contributed by atoms with E-state index in [9.17, 15) is 9.59 Å². The fourth-order valence-corrected chi connectivity index (χ4v) is 3.03. The Morgan fingerprint density at radius 2 is 2.08 bits per heavy atom. The van der Waals surface area contributed by atoms with Crippen molar-refractivity contribution in [3.8, 4) is 5.75 Å². The first-order valence-electron chi connectivity index (χ1n) is 7.86. The number of piperazine rings is 1. The van der Waals surface area contributed by atoms with Crippen LogP contribution in [0.25, 0.3) is 0 Å². The molecule has 1 aromatic carbocycles. The Morgan fingerprint density at radius 1 is 1.29 bits per heavy atom. The molecule has 2 aliphatic rings. The average molecular weight is 355 g/mol. The standard InChI is InChI=1S/C16H22N4O3.ClH/c1-11-10-19(7-5-17-11)15(21)12-3-4-14(23-2)13(9-12)20-8-6-18-16(20)22;/h3-4,9,11,17H,5-8,10H2,1-2H3,(H,18,22);1H. The molecule has 0 aromatic heterocycles. The van der Waals surface area contributed by atoms with E-state index in [0.717, 1.165) is 6.54 Å². The number of urea groups is 1. The van der Waals surface area contributed by atoms with E-state index in [1.807, 2.05) is 4.90 Å². The molecule has 132 valence electrons. The van der Waals surface area contributed by atoms with E-state index in [1.54, 1.807) is 30.2 Å². The maximum absolute atomic E-state index is 12.7. The summed E-state index contributed by atoms with van der Waals surface area (Å²) in [5, 5.41) is 6.09. The summed E-state index contributed by atoms with van der Waals surface area (Å²) in [6, 6.07) is 5.38. The highest BCUT2D eigenvalue weighted by atomic mass is 35.5. The van der Waals surface area contributed by atoms with Crippen molar-refractivity contribution in [2.24, 2.45) is 0 Å². The zero-order valence-corrected chi connectivity index (χ0v) is 14.7. The molecule has 2 N–H and O–H groups in total. The van der Waals surface area contributed by atoms with Crippen LogP contribution in [0, 0.1) is 0 Å². The minimum Gasteiger partial charge on any atom is -0.495 e. The normalized spacial score (nSPS) is 20.4. The summed E-state index contributed by atoms with van der Waals surface area (Å²) in [6.07, 6.45) is 0. The van der Waals surface area contributed by atoms with Crippen LogP contribution in [-0.4, -0.2) is 62.7 Å². The van der Waals surface area contributed by atoms with Crippen LogP contribution in [0.4, 0.5) is 10.5 Å². The highest BCUT2D eigenvalue weighted by Crippen LogP contribution is 2.31. The van der Waals surface area contributed by atoms with Crippen molar-refractivity contribution in [1.29, 1.82) is 0 Å². The highest BCUT2D eigenvalue weighted by molar-refractivity contribution is 6.00. The molecule has 2 saturated heterocycles. The van der Waals surface area contributed by atoms with Crippen LogP contribution in [0.15, 0.2) is 18.2 Å². The summed E-state index contributed by atoms with van der Waals surface area (Å²) < 4.78 is 5.35. The topological polar surface area (TPSA) is 73.9 Å². The van der Waals surface area contributed by atoms with Gasteiger partial charge in [-0.1, -0.05) is 0 Å². The summed E-state index contributed by atoms with van der Waals surface area (Å²) in [7, 11) is 1.56. The van der Waals surface area contributed by atoms with Crippen LogP contribution < -0.4 is 20.3 Å². The molecule has 1 unspecified atom stereocenters. The second kappa shape index (κ2) is 7.72. The number of hydrogen-bond donors (Lipinski definition) is 2. The van der Waals surface area contributed by atoms with Gasteiger partial charge in [-0.15, -0.1) is 12.4 Å². The van der Waals surface area contributed by atoms with Crippen LogP contribution in [0.5, 0.6) is 5.75 Å². The maximum Gasteiger partial charge on any atom is 0.322 e. The number of methoxy groups -OCH3 is 1. The Bertz CT molecular complexity index is 625. The molecule has 2 heterocycles. The van der Waals surface area contributed by atoms with Gasteiger partial charge >= 0.3 is 6.03 Å². The quantitative estimate of drug-likeness (QED) is 0.852. The number of ether oxygens (including phenoxy) is 1. The van der Waals surface area contributed by atoms with Crippen LogP contribution in [0.2, 0.25) is 0 Å². The van der Waals surface area contributed by atoms with Gasteiger partial charge in [0.2, 0.25) is 0 Å². The lowest BCUT2D eigenvalue weighted by Gasteiger charge is -2.32. The van der Waals surface area contributed by atoms with Gasteiger partial charge in [0.05, 0.1) is 12.8 Å². The molecule has 0 radical (unpaired) electrons. The number of rotatable bonds is 3. The molecule has 24 heavy (non-hydrogen) atoms. The molecule has 0 saturated carbocycles. The second-order valence-corrected chi connectivity index (χ2v) is 5.88. The molecule has 2 fully saturated rings. The second-order valence-electron chi connectivity index (χ2n) is 5.88. The van der Waals surface area contributed by atoms with E-state index >= 15 is 0 Å². The fourth-order valence-electron chi connectivity index (χ4n) is 3.03. The first kappa shape index (κ1) is 18.4. The van der Waals surface area contributed by atoms with E-state index in [4.69, 9.17) is 4.74 Å². The van der Waals surface area contributed by atoms with Crippen molar-refractivity contribution in [1.82, 2.24) is 15.5 Å². The number of benzene rings is 1. The molecule has 7 nitrogen and oxygen atoms in total. The van der Waals surface area contributed by atoms with Crippen LogP contribution in [0.3, 0.4) is 0 Å². The van der Waals surface area contributed by atoms with Gasteiger partial charge in [-0.05, 0) is 25.1 Å². The van der Waals surface area contributed by atoms with Crippen molar-refractivity contribution in [2.75, 3.05) is 44.7 Å².